The van der Waals surface area contributed by atoms with E-state index in [4.69, 9.17) is 4.74 Å². The van der Waals surface area contributed by atoms with Crippen LogP contribution in [0.4, 0.5) is 5.69 Å². The Bertz CT molecular complexity index is 455. The Morgan fingerprint density at radius 2 is 2.00 bits per heavy atom. The number of rotatable bonds is 4. The van der Waals surface area contributed by atoms with Gasteiger partial charge in [-0.1, -0.05) is 6.07 Å². The third-order valence-corrected chi connectivity index (χ3v) is 1.81. The fourth-order valence-electron chi connectivity index (χ4n) is 1.18. The summed E-state index contributed by atoms with van der Waals surface area (Å²) in [6, 6.07) is 4.34. The van der Waals surface area contributed by atoms with Gasteiger partial charge in [0.2, 0.25) is 6.20 Å². The molecule has 0 N–H and O–H groups in total. The molecule has 0 aromatic heterocycles. The van der Waals surface area contributed by atoms with Gasteiger partial charge in [0.05, 0.1) is 22.5 Å². The molecule has 84 valence electrons. The minimum atomic E-state index is -0.691. The van der Waals surface area contributed by atoms with Gasteiger partial charge in [-0.2, -0.15) is 0 Å². The fraction of sp³-hybridized carbons (Fsp3) is 0.111. The van der Waals surface area contributed by atoms with Crippen LogP contribution in [-0.4, -0.2) is 17.0 Å². The number of methoxy groups -OCH3 is 1. The summed E-state index contributed by atoms with van der Waals surface area (Å²) in [5.74, 6) is 0.0653. The summed E-state index contributed by atoms with van der Waals surface area (Å²) in [6.07, 6.45) is 1.70. The minimum Gasteiger partial charge on any atom is -0.490 e. The summed E-state index contributed by atoms with van der Waals surface area (Å²) in [5, 5.41) is 20.9. The van der Waals surface area contributed by atoms with Crippen molar-refractivity contribution in [2.45, 2.75) is 0 Å². The Kier molecular flexibility index (Phi) is 3.54. The monoisotopic (exact) mass is 224 g/mol. The summed E-state index contributed by atoms with van der Waals surface area (Å²) in [6.45, 7) is 0. The second-order valence-electron chi connectivity index (χ2n) is 2.76. The summed E-state index contributed by atoms with van der Waals surface area (Å²) in [7, 11) is 1.29. The van der Waals surface area contributed by atoms with E-state index in [-0.39, 0.29) is 17.0 Å². The molecule has 1 aromatic carbocycles. The molecular formula is C9H8N2O5. The van der Waals surface area contributed by atoms with E-state index in [1.54, 1.807) is 0 Å². The maximum Gasteiger partial charge on any atom is 0.318 e. The van der Waals surface area contributed by atoms with E-state index >= 15 is 0 Å². The highest BCUT2D eigenvalue weighted by atomic mass is 16.6. The molecule has 7 heteroatoms. The number of benzene rings is 1. The Morgan fingerprint density at radius 3 is 2.50 bits per heavy atom. The van der Waals surface area contributed by atoms with Crippen LogP contribution < -0.4 is 4.74 Å². The van der Waals surface area contributed by atoms with Gasteiger partial charge in [-0.3, -0.25) is 20.2 Å². The normalized spacial score (nSPS) is 10.3. The number of nitro benzene ring substituents is 1. The SMILES string of the molecule is COc1cccc(C=C[N+](=O)[O-])c1[N+](=O)[O-]. The van der Waals surface area contributed by atoms with Gasteiger partial charge in [0.1, 0.15) is 0 Å². The third-order valence-electron chi connectivity index (χ3n) is 1.81. The number of ether oxygens (including phenoxy) is 1. The molecule has 0 aliphatic heterocycles. The molecule has 0 fully saturated rings. The maximum atomic E-state index is 10.8. The summed E-state index contributed by atoms with van der Waals surface area (Å²) in [4.78, 5) is 19.6. The van der Waals surface area contributed by atoms with Crippen molar-refractivity contribution in [1.29, 1.82) is 0 Å². The largest absolute Gasteiger partial charge is 0.490 e. The van der Waals surface area contributed by atoms with Crippen LogP contribution in [-0.2, 0) is 0 Å². The average Bonchev–Trinajstić information content (AvgIpc) is 2.25. The smallest absolute Gasteiger partial charge is 0.318 e. The lowest BCUT2D eigenvalue weighted by atomic mass is 10.1. The molecule has 0 spiro atoms. The highest BCUT2D eigenvalue weighted by molar-refractivity contribution is 5.65. The molecule has 1 rings (SSSR count). The molecule has 0 radical (unpaired) electrons. The summed E-state index contributed by atoms with van der Waals surface area (Å²) < 4.78 is 4.81. The van der Waals surface area contributed by atoms with Gasteiger partial charge >= 0.3 is 5.69 Å². The van der Waals surface area contributed by atoms with Crippen LogP contribution in [0.3, 0.4) is 0 Å². The fourth-order valence-corrected chi connectivity index (χ4v) is 1.18. The molecule has 7 nitrogen and oxygen atoms in total. The number of nitrogens with zero attached hydrogens (tertiary/aromatic N) is 2. The summed E-state index contributed by atoms with van der Waals surface area (Å²) in [5.41, 5.74) is -0.163. The third kappa shape index (κ3) is 2.53. The molecule has 0 heterocycles. The van der Waals surface area contributed by atoms with Crippen molar-refractivity contribution in [3.05, 3.63) is 50.2 Å². The predicted octanol–water partition coefficient (Wildman–Crippen LogP) is 1.85. The maximum absolute atomic E-state index is 10.8. The van der Waals surface area contributed by atoms with Crippen LogP contribution in [0.2, 0.25) is 0 Å². The van der Waals surface area contributed by atoms with Crippen molar-refractivity contribution in [2.75, 3.05) is 7.11 Å². The molecule has 0 unspecified atom stereocenters. The molecule has 1 aromatic rings. The van der Waals surface area contributed by atoms with Gasteiger partial charge in [0.25, 0.3) is 0 Å². The Morgan fingerprint density at radius 1 is 1.31 bits per heavy atom. The first-order valence-electron chi connectivity index (χ1n) is 4.19. The number of para-hydroxylation sites is 1. The molecule has 0 saturated carbocycles. The second-order valence-corrected chi connectivity index (χ2v) is 2.76. The van der Waals surface area contributed by atoms with E-state index in [1.165, 1.54) is 25.3 Å². The van der Waals surface area contributed by atoms with Crippen LogP contribution in [0.25, 0.3) is 6.08 Å². The lowest BCUT2D eigenvalue weighted by Gasteiger charge is -2.02. The van der Waals surface area contributed by atoms with Gasteiger partial charge in [0, 0.05) is 6.08 Å². The quantitative estimate of drug-likeness (QED) is 0.574. The average molecular weight is 224 g/mol. The van der Waals surface area contributed by atoms with Crippen LogP contribution >= 0.6 is 0 Å². The molecule has 16 heavy (non-hydrogen) atoms. The predicted molar refractivity (Wildman–Crippen MR) is 55.7 cm³/mol. The zero-order valence-corrected chi connectivity index (χ0v) is 8.32. The zero-order valence-electron chi connectivity index (χ0n) is 8.32. The Labute approximate surface area is 90.3 Å². The van der Waals surface area contributed by atoms with Crippen molar-refractivity contribution in [2.24, 2.45) is 0 Å². The molecule has 0 aliphatic carbocycles. The number of hydrogen-bond donors (Lipinski definition) is 0. The van der Waals surface area contributed by atoms with E-state index in [0.717, 1.165) is 6.08 Å². The van der Waals surface area contributed by atoms with E-state index in [0.29, 0.717) is 6.20 Å². The lowest BCUT2D eigenvalue weighted by molar-refractivity contribution is -0.401. The first kappa shape index (κ1) is 11.6. The molecular weight excluding hydrogens is 216 g/mol. The molecule has 0 aliphatic rings. The highest BCUT2D eigenvalue weighted by Crippen LogP contribution is 2.31. The first-order chi connectivity index (χ1) is 7.56. The lowest BCUT2D eigenvalue weighted by Crippen LogP contribution is -1.96. The zero-order chi connectivity index (χ0) is 12.1. The van der Waals surface area contributed by atoms with Crippen molar-refractivity contribution in [3.8, 4) is 5.75 Å². The minimum absolute atomic E-state index is 0.0653. The van der Waals surface area contributed by atoms with E-state index in [9.17, 15) is 20.2 Å². The van der Waals surface area contributed by atoms with Gasteiger partial charge < -0.3 is 4.74 Å². The van der Waals surface area contributed by atoms with Gasteiger partial charge in [-0.25, -0.2) is 0 Å². The van der Waals surface area contributed by atoms with Crippen LogP contribution in [0.1, 0.15) is 5.56 Å². The standard InChI is InChI=1S/C9H8N2O5/c1-16-8-4-2-3-7(5-6-10(12)13)9(8)11(14)15/h2-6H,1H3. The van der Waals surface area contributed by atoms with Crippen molar-refractivity contribution >= 4 is 11.8 Å². The number of nitro groups is 2. The van der Waals surface area contributed by atoms with E-state index < -0.39 is 9.85 Å². The number of hydrogen-bond acceptors (Lipinski definition) is 5. The van der Waals surface area contributed by atoms with Crippen molar-refractivity contribution in [3.63, 3.8) is 0 Å². The first-order valence-corrected chi connectivity index (χ1v) is 4.19. The summed E-state index contributed by atoms with van der Waals surface area (Å²) >= 11 is 0. The van der Waals surface area contributed by atoms with Crippen LogP contribution in [0.15, 0.2) is 24.4 Å². The van der Waals surface area contributed by atoms with E-state index in [2.05, 4.69) is 0 Å². The highest BCUT2D eigenvalue weighted by Gasteiger charge is 2.18. The Hall–Kier alpha value is -2.44. The topological polar surface area (TPSA) is 95.5 Å². The van der Waals surface area contributed by atoms with Gasteiger partial charge in [-0.05, 0) is 12.1 Å². The van der Waals surface area contributed by atoms with Gasteiger partial charge in [0.15, 0.2) is 5.75 Å². The van der Waals surface area contributed by atoms with E-state index in [1.807, 2.05) is 0 Å². The van der Waals surface area contributed by atoms with Crippen molar-refractivity contribution < 1.29 is 14.6 Å². The second kappa shape index (κ2) is 4.87. The van der Waals surface area contributed by atoms with Crippen LogP contribution in [0, 0.1) is 20.2 Å². The van der Waals surface area contributed by atoms with Gasteiger partial charge in [-0.15, -0.1) is 0 Å². The molecule has 0 amide bonds. The molecule has 0 saturated heterocycles. The Balaban J connectivity index is 3.27. The molecule has 0 bridgehead atoms. The van der Waals surface area contributed by atoms with Crippen molar-refractivity contribution in [1.82, 2.24) is 0 Å². The molecule has 0 atom stereocenters. The van der Waals surface area contributed by atoms with Crippen LogP contribution in [0.5, 0.6) is 5.75 Å².